The van der Waals surface area contributed by atoms with Crippen LogP contribution in [0.4, 0.5) is 0 Å². The molecule has 0 bridgehead atoms. The number of hydrogen-bond donors (Lipinski definition) is 1. The number of alkyl halides is 1. The van der Waals surface area contributed by atoms with Gasteiger partial charge >= 0.3 is 0 Å². The molecule has 0 spiro atoms. The Hall–Kier alpha value is -1.03. The largest absolute Gasteiger partial charge is 0.307 e. The van der Waals surface area contributed by atoms with Crippen LogP contribution in [0.25, 0.3) is 0 Å². The van der Waals surface area contributed by atoms with E-state index in [2.05, 4.69) is 22.5 Å². The van der Waals surface area contributed by atoms with Gasteiger partial charge in [-0.2, -0.15) is 5.10 Å². The quantitative estimate of drug-likeness (QED) is 0.857. The summed E-state index contributed by atoms with van der Waals surface area (Å²) in [5.41, 5.74) is 4.22. The van der Waals surface area contributed by atoms with Crippen molar-refractivity contribution in [1.29, 1.82) is 0 Å². The van der Waals surface area contributed by atoms with Gasteiger partial charge in [-0.3, -0.25) is 4.68 Å². The summed E-state index contributed by atoms with van der Waals surface area (Å²) < 4.78 is 1.82. The third-order valence-electron chi connectivity index (χ3n) is 3.03. The van der Waals surface area contributed by atoms with Crippen LogP contribution in [0, 0.1) is 6.92 Å². The molecule has 0 saturated heterocycles. The lowest BCUT2D eigenvalue weighted by Gasteiger charge is -2.07. The number of aromatic nitrogens is 2. The first-order valence-corrected chi connectivity index (χ1v) is 7.05. The van der Waals surface area contributed by atoms with Crippen molar-refractivity contribution >= 4 is 23.2 Å². The molecule has 19 heavy (non-hydrogen) atoms. The minimum Gasteiger partial charge on any atom is -0.307 e. The number of hydrogen-bond acceptors (Lipinski definition) is 2. The van der Waals surface area contributed by atoms with Crippen molar-refractivity contribution in [2.24, 2.45) is 7.05 Å². The number of nitrogens with one attached hydrogen (secondary N) is 1. The van der Waals surface area contributed by atoms with Crippen LogP contribution in [0.15, 0.2) is 24.3 Å². The molecule has 0 aliphatic heterocycles. The van der Waals surface area contributed by atoms with Gasteiger partial charge in [0.05, 0.1) is 16.4 Å². The fraction of sp³-hybridized carbons (Fsp3) is 0.357. The number of nitrogens with zero attached hydrogens (tertiary/aromatic N) is 2. The number of halogens is 2. The van der Waals surface area contributed by atoms with Crippen molar-refractivity contribution < 1.29 is 0 Å². The van der Waals surface area contributed by atoms with Crippen LogP contribution in [0.1, 0.15) is 22.5 Å². The van der Waals surface area contributed by atoms with Gasteiger partial charge < -0.3 is 5.32 Å². The Labute approximate surface area is 123 Å². The molecule has 1 N–H and O–H groups in total. The second-order valence-corrected chi connectivity index (χ2v) is 5.17. The highest BCUT2D eigenvalue weighted by atomic mass is 35.5. The SMILES string of the molecule is Cc1nn(C)c(CNCc2cccc(CCl)c2)c1Cl. The molecule has 0 aliphatic carbocycles. The summed E-state index contributed by atoms with van der Waals surface area (Å²) in [4.78, 5) is 0. The molecule has 0 atom stereocenters. The first kappa shape index (κ1) is 14.4. The van der Waals surface area contributed by atoms with Gasteiger partial charge in [-0.1, -0.05) is 35.9 Å². The molecular formula is C14H17Cl2N3. The molecule has 3 nitrogen and oxygen atoms in total. The van der Waals surface area contributed by atoms with Gasteiger partial charge in [-0.05, 0) is 18.1 Å². The molecule has 0 unspecified atom stereocenters. The normalized spacial score (nSPS) is 10.9. The summed E-state index contributed by atoms with van der Waals surface area (Å²) in [7, 11) is 1.91. The molecule has 2 aromatic rings. The minimum atomic E-state index is 0.542. The van der Waals surface area contributed by atoms with E-state index in [1.165, 1.54) is 5.56 Å². The maximum absolute atomic E-state index is 6.20. The zero-order chi connectivity index (χ0) is 13.8. The first-order chi connectivity index (χ1) is 9.11. The van der Waals surface area contributed by atoms with E-state index in [1.807, 2.05) is 30.8 Å². The van der Waals surface area contributed by atoms with Crippen molar-refractivity contribution in [2.75, 3.05) is 0 Å². The van der Waals surface area contributed by atoms with E-state index in [-0.39, 0.29) is 0 Å². The fourth-order valence-electron chi connectivity index (χ4n) is 2.02. The average molecular weight is 298 g/mol. The van der Waals surface area contributed by atoms with Crippen molar-refractivity contribution in [1.82, 2.24) is 15.1 Å². The van der Waals surface area contributed by atoms with Crippen molar-refractivity contribution in [2.45, 2.75) is 25.9 Å². The maximum atomic E-state index is 6.20. The predicted molar refractivity (Wildman–Crippen MR) is 79.5 cm³/mol. The highest BCUT2D eigenvalue weighted by Crippen LogP contribution is 2.19. The van der Waals surface area contributed by atoms with E-state index in [0.717, 1.165) is 28.5 Å². The third kappa shape index (κ3) is 3.50. The Balaban J connectivity index is 1.96. The lowest BCUT2D eigenvalue weighted by Crippen LogP contribution is -2.15. The summed E-state index contributed by atoms with van der Waals surface area (Å²) in [5.74, 6) is 0.542. The molecule has 5 heteroatoms. The highest BCUT2D eigenvalue weighted by molar-refractivity contribution is 6.31. The van der Waals surface area contributed by atoms with Gasteiger partial charge in [0.25, 0.3) is 0 Å². The molecule has 1 aromatic carbocycles. The zero-order valence-electron chi connectivity index (χ0n) is 11.1. The van der Waals surface area contributed by atoms with Crippen LogP contribution in [0.3, 0.4) is 0 Å². The third-order valence-corrected chi connectivity index (χ3v) is 3.83. The van der Waals surface area contributed by atoms with E-state index in [4.69, 9.17) is 23.2 Å². The molecule has 1 aromatic heterocycles. The highest BCUT2D eigenvalue weighted by Gasteiger charge is 2.10. The summed E-state index contributed by atoms with van der Waals surface area (Å²) in [6.45, 7) is 3.39. The molecule has 102 valence electrons. The monoisotopic (exact) mass is 297 g/mol. The van der Waals surface area contributed by atoms with E-state index >= 15 is 0 Å². The molecule has 0 aliphatic rings. The second-order valence-electron chi connectivity index (χ2n) is 4.53. The minimum absolute atomic E-state index is 0.542. The fourth-order valence-corrected chi connectivity index (χ4v) is 2.41. The molecule has 0 fully saturated rings. The number of benzene rings is 1. The smallest absolute Gasteiger partial charge is 0.0860 e. The van der Waals surface area contributed by atoms with Gasteiger partial charge in [-0.25, -0.2) is 0 Å². The van der Waals surface area contributed by atoms with Crippen LogP contribution in [0.5, 0.6) is 0 Å². The summed E-state index contributed by atoms with van der Waals surface area (Å²) >= 11 is 12.0. The van der Waals surface area contributed by atoms with Crippen molar-refractivity contribution in [3.8, 4) is 0 Å². The van der Waals surface area contributed by atoms with Crippen molar-refractivity contribution in [3.05, 3.63) is 51.8 Å². The summed E-state index contributed by atoms with van der Waals surface area (Å²) in [6.07, 6.45) is 0. The van der Waals surface area contributed by atoms with E-state index < -0.39 is 0 Å². The van der Waals surface area contributed by atoms with Gasteiger partial charge in [-0.15, -0.1) is 11.6 Å². The molecule has 0 radical (unpaired) electrons. The van der Waals surface area contributed by atoms with Gasteiger partial charge in [0, 0.05) is 26.0 Å². The molecule has 0 saturated carbocycles. The van der Waals surface area contributed by atoms with Crippen LogP contribution in [-0.4, -0.2) is 9.78 Å². The Morgan fingerprint density at radius 1 is 1.26 bits per heavy atom. The average Bonchev–Trinajstić information content (AvgIpc) is 2.65. The lowest BCUT2D eigenvalue weighted by atomic mass is 10.1. The molecule has 2 rings (SSSR count). The summed E-state index contributed by atoms with van der Waals surface area (Å²) in [6, 6.07) is 8.24. The van der Waals surface area contributed by atoms with Gasteiger partial charge in [0.2, 0.25) is 0 Å². The lowest BCUT2D eigenvalue weighted by molar-refractivity contribution is 0.624. The van der Waals surface area contributed by atoms with Crippen LogP contribution >= 0.6 is 23.2 Å². The van der Waals surface area contributed by atoms with Crippen molar-refractivity contribution in [3.63, 3.8) is 0 Å². The molecule has 1 heterocycles. The van der Waals surface area contributed by atoms with E-state index in [9.17, 15) is 0 Å². The van der Waals surface area contributed by atoms with Crippen LogP contribution < -0.4 is 5.32 Å². The van der Waals surface area contributed by atoms with E-state index in [1.54, 1.807) is 0 Å². The van der Waals surface area contributed by atoms with Gasteiger partial charge in [0.1, 0.15) is 0 Å². The zero-order valence-corrected chi connectivity index (χ0v) is 12.6. The summed E-state index contributed by atoms with van der Waals surface area (Å²) in [5, 5.41) is 8.41. The Morgan fingerprint density at radius 2 is 2.00 bits per heavy atom. The Bertz CT molecular complexity index is 564. The first-order valence-electron chi connectivity index (χ1n) is 6.14. The standard InChI is InChI=1S/C14H17Cl2N3/c1-10-14(16)13(19(2)18-10)9-17-8-12-5-3-4-11(6-12)7-15/h3-6,17H,7-9H2,1-2H3. The number of aryl methyl sites for hydroxylation is 2. The predicted octanol–water partition coefficient (Wildman–Crippen LogP) is 3.41. The number of rotatable bonds is 5. The molecular weight excluding hydrogens is 281 g/mol. The Kier molecular flexibility index (Phi) is 4.86. The van der Waals surface area contributed by atoms with E-state index in [0.29, 0.717) is 12.4 Å². The topological polar surface area (TPSA) is 29.9 Å². The molecule has 0 amide bonds. The van der Waals surface area contributed by atoms with Crippen LogP contribution in [0.2, 0.25) is 5.02 Å². The second kappa shape index (κ2) is 6.42. The van der Waals surface area contributed by atoms with Crippen LogP contribution in [-0.2, 0) is 26.0 Å². The van der Waals surface area contributed by atoms with Gasteiger partial charge in [0.15, 0.2) is 0 Å². The Morgan fingerprint density at radius 3 is 2.63 bits per heavy atom. The maximum Gasteiger partial charge on any atom is 0.0860 e.